The lowest BCUT2D eigenvalue weighted by atomic mass is 10.2. The van der Waals surface area contributed by atoms with Crippen LogP contribution in [0.2, 0.25) is 0 Å². The summed E-state index contributed by atoms with van der Waals surface area (Å²) in [5, 5.41) is 0. The van der Waals surface area contributed by atoms with Crippen LogP contribution in [0.15, 0.2) is 47.4 Å². The van der Waals surface area contributed by atoms with Gasteiger partial charge >= 0.3 is 16.3 Å². The van der Waals surface area contributed by atoms with Crippen LogP contribution in [0.25, 0.3) is 0 Å². The number of sulfonamides is 1. The van der Waals surface area contributed by atoms with E-state index in [1.807, 2.05) is 0 Å². The molecule has 0 aliphatic carbocycles. The molecule has 0 unspecified atom stereocenters. The van der Waals surface area contributed by atoms with E-state index in [4.69, 9.17) is 8.92 Å². The maximum atomic E-state index is 13.2. The lowest BCUT2D eigenvalue weighted by Crippen LogP contribution is -2.34. The van der Waals surface area contributed by atoms with Crippen molar-refractivity contribution in [1.82, 2.24) is 4.31 Å². The molecule has 0 heterocycles. The number of halogens is 3. The Morgan fingerprint density at radius 3 is 2.21 bits per heavy atom. The Morgan fingerprint density at radius 1 is 1.00 bits per heavy atom. The fourth-order valence-electron chi connectivity index (χ4n) is 2.92. The van der Waals surface area contributed by atoms with Crippen molar-refractivity contribution >= 4 is 20.1 Å². The minimum Gasteiger partial charge on any atom is -0.493 e. The lowest BCUT2D eigenvalue weighted by Gasteiger charge is -2.25. The summed E-state index contributed by atoms with van der Waals surface area (Å²) in [6.07, 6.45) is -4.69. The molecule has 0 aliphatic heterocycles. The van der Waals surface area contributed by atoms with Crippen LogP contribution >= 0.6 is 0 Å². The maximum absolute atomic E-state index is 13.2. The SMILES string of the molecule is CCS(=O)(=O)Oc1cc(CN(CC(C)C)S(=O)(=O)c2cccc(C(F)(F)F)c2)ccc1OC. The summed E-state index contributed by atoms with van der Waals surface area (Å²) >= 11 is 0. The summed E-state index contributed by atoms with van der Waals surface area (Å²) < 4.78 is 101. The van der Waals surface area contributed by atoms with E-state index in [-0.39, 0.29) is 36.3 Å². The molecule has 0 saturated heterocycles. The van der Waals surface area contributed by atoms with Crippen LogP contribution in [0.3, 0.4) is 0 Å². The van der Waals surface area contributed by atoms with E-state index in [0.29, 0.717) is 11.6 Å². The number of alkyl halides is 3. The predicted octanol–water partition coefficient (Wildman–Crippen LogP) is 4.29. The number of rotatable bonds is 10. The van der Waals surface area contributed by atoms with Gasteiger partial charge in [-0.1, -0.05) is 26.0 Å². The van der Waals surface area contributed by atoms with Gasteiger partial charge in [-0.25, -0.2) is 8.42 Å². The van der Waals surface area contributed by atoms with Crippen LogP contribution in [0.4, 0.5) is 13.2 Å². The second-order valence-electron chi connectivity index (χ2n) is 7.63. The zero-order valence-electron chi connectivity index (χ0n) is 18.6. The molecule has 2 aromatic carbocycles. The van der Waals surface area contributed by atoms with Crippen molar-refractivity contribution < 1.29 is 38.9 Å². The standard InChI is InChI=1S/C21H26F3NO6S2/c1-5-32(26,27)31-20-11-16(9-10-19(20)30-4)14-25(13-15(2)3)33(28,29)18-8-6-7-17(12-18)21(22,23)24/h6-12,15H,5,13-14H2,1-4H3. The molecule has 0 aromatic heterocycles. The molecule has 0 bridgehead atoms. The van der Waals surface area contributed by atoms with Gasteiger partial charge in [0.05, 0.1) is 23.3 Å². The fraction of sp³-hybridized carbons (Fsp3) is 0.429. The molecule has 0 spiro atoms. The Balaban J connectivity index is 2.48. The molecule has 0 fully saturated rings. The first-order valence-electron chi connectivity index (χ1n) is 9.96. The first-order valence-corrected chi connectivity index (χ1v) is 13.0. The van der Waals surface area contributed by atoms with Crippen LogP contribution in [0.1, 0.15) is 31.9 Å². The average molecular weight is 510 g/mol. The number of nitrogens with zero attached hydrogens (tertiary/aromatic N) is 1. The molecular formula is C21H26F3NO6S2. The van der Waals surface area contributed by atoms with E-state index in [0.717, 1.165) is 22.5 Å². The summed E-state index contributed by atoms with van der Waals surface area (Å²) in [6.45, 7) is 4.74. The molecule has 0 amide bonds. The molecule has 0 N–H and O–H groups in total. The van der Waals surface area contributed by atoms with Crippen LogP contribution < -0.4 is 8.92 Å². The van der Waals surface area contributed by atoms with Gasteiger partial charge < -0.3 is 8.92 Å². The molecule has 12 heteroatoms. The average Bonchev–Trinajstić information content (AvgIpc) is 2.72. The van der Waals surface area contributed by atoms with E-state index >= 15 is 0 Å². The Kier molecular flexibility index (Phi) is 8.41. The molecule has 0 atom stereocenters. The zero-order valence-corrected chi connectivity index (χ0v) is 20.2. The van der Waals surface area contributed by atoms with Gasteiger partial charge in [-0.3, -0.25) is 0 Å². The summed E-state index contributed by atoms with van der Waals surface area (Å²) in [5.41, 5.74) is -0.703. The predicted molar refractivity (Wildman–Crippen MR) is 117 cm³/mol. The Bertz CT molecular complexity index is 1180. The van der Waals surface area contributed by atoms with Crippen LogP contribution in [-0.2, 0) is 32.9 Å². The van der Waals surface area contributed by atoms with Crippen molar-refractivity contribution in [3.63, 3.8) is 0 Å². The van der Waals surface area contributed by atoms with Gasteiger partial charge in [-0.2, -0.15) is 25.9 Å². The second-order valence-corrected chi connectivity index (χ2v) is 11.4. The number of hydrogen-bond donors (Lipinski definition) is 0. The van der Waals surface area contributed by atoms with E-state index in [2.05, 4.69) is 0 Å². The number of methoxy groups -OCH3 is 1. The third kappa shape index (κ3) is 7.08. The number of benzene rings is 2. The van der Waals surface area contributed by atoms with Crippen LogP contribution in [0.5, 0.6) is 11.5 Å². The lowest BCUT2D eigenvalue weighted by molar-refractivity contribution is -0.137. The Hall–Kier alpha value is -2.31. The van der Waals surface area contributed by atoms with Gasteiger partial charge in [0.15, 0.2) is 11.5 Å². The highest BCUT2D eigenvalue weighted by atomic mass is 32.2. The first kappa shape index (κ1) is 26.9. The molecule has 2 aromatic rings. The highest BCUT2D eigenvalue weighted by Gasteiger charge is 2.33. The molecule has 0 radical (unpaired) electrons. The van der Waals surface area contributed by atoms with Crippen LogP contribution in [0, 0.1) is 5.92 Å². The maximum Gasteiger partial charge on any atom is 0.416 e. The summed E-state index contributed by atoms with van der Waals surface area (Å²) in [7, 11) is -6.86. The number of hydrogen-bond acceptors (Lipinski definition) is 6. The smallest absolute Gasteiger partial charge is 0.416 e. The third-order valence-electron chi connectivity index (χ3n) is 4.53. The van der Waals surface area contributed by atoms with E-state index < -0.39 is 36.8 Å². The van der Waals surface area contributed by atoms with Gasteiger partial charge in [-0.05, 0) is 48.7 Å². The topological polar surface area (TPSA) is 90.0 Å². The molecule has 184 valence electrons. The summed E-state index contributed by atoms with van der Waals surface area (Å²) in [4.78, 5) is -0.489. The largest absolute Gasteiger partial charge is 0.493 e. The minimum absolute atomic E-state index is 0.0219. The first-order chi connectivity index (χ1) is 15.2. The highest BCUT2D eigenvalue weighted by molar-refractivity contribution is 7.89. The van der Waals surface area contributed by atoms with E-state index in [1.54, 1.807) is 13.8 Å². The highest BCUT2D eigenvalue weighted by Crippen LogP contribution is 2.33. The van der Waals surface area contributed by atoms with Gasteiger partial charge in [0, 0.05) is 13.1 Å². The molecule has 2 rings (SSSR count). The minimum atomic E-state index is -4.69. The fourth-order valence-corrected chi connectivity index (χ4v) is 5.08. The molecule has 0 aliphatic rings. The summed E-state index contributed by atoms with van der Waals surface area (Å²) in [5.74, 6) is -0.409. The van der Waals surface area contributed by atoms with Crippen molar-refractivity contribution in [3.8, 4) is 11.5 Å². The Morgan fingerprint density at radius 2 is 1.67 bits per heavy atom. The van der Waals surface area contributed by atoms with Crippen molar-refractivity contribution in [2.75, 3.05) is 19.4 Å². The van der Waals surface area contributed by atoms with Gasteiger partial charge in [0.25, 0.3) is 0 Å². The molecule has 7 nitrogen and oxygen atoms in total. The molecule has 0 saturated carbocycles. The zero-order chi connectivity index (χ0) is 25.0. The van der Waals surface area contributed by atoms with Crippen LogP contribution in [-0.4, -0.2) is 40.5 Å². The second kappa shape index (κ2) is 10.3. The number of ether oxygens (including phenoxy) is 1. The Labute approximate surface area is 192 Å². The van der Waals surface area contributed by atoms with Crippen molar-refractivity contribution in [3.05, 3.63) is 53.6 Å². The van der Waals surface area contributed by atoms with E-state index in [1.165, 1.54) is 32.2 Å². The van der Waals surface area contributed by atoms with Gasteiger partial charge in [0.1, 0.15) is 0 Å². The summed E-state index contributed by atoms with van der Waals surface area (Å²) in [6, 6.07) is 7.83. The normalized spacial score (nSPS) is 12.9. The van der Waals surface area contributed by atoms with E-state index in [9.17, 15) is 30.0 Å². The monoisotopic (exact) mass is 509 g/mol. The van der Waals surface area contributed by atoms with Gasteiger partial charge in [-0.15, -0.1) is 0 Å². The van der Waals surface area contributed by atoms with Gasteiger partial charge in [0.2, 0.25) is 10.0 Å². The van der Waals surface area contributed by atoms with Crippen molar-refractivity contribution in [2.24, 2.45) is 5.92 Å². The molecule has 33 heavy (non-hydrogen) atoms. The third-order valence-corrected chi connectivity index (χ3v) is 7.47. The molecular weight excluding hydrogens is 483 g/mol. The van der Waals surface area contributed by atoms with Crippen molar-refractivity contribution in [1.29, 1.82) is 0 Å². The van der Waals surface area contributed by atoms with Crippen molar-refractivity contribution in [2.45, 2.75) is 38.4 Å². The quantitative estimate of drug-likeness (QED) is 0.444.